The number of nitro benzene ring substituents is 1. The Labute approximate surface area is 190 Å². The molecule has 2 atom stereocenters. The van der Waals surface area contributed by atoms with Crippen molar-refractivity contribution < 1.29 is 24.7 Å². The SMILES string of the molecule is NC(=O)O.O=C(O)[C@@H]1C(N2CCN(c3ccccc3)CC2)CCN1c1ccc([N+](=O)[O-])cc1. The number of primary amides is 1. The molecule has 2 aromatic rings. The van der Waals surface area contributed by atoms with Crippen molar-refractivity contribution in [1.82, 2.24) is 4.90 Å². The van der Waals surface area contributed by atoms with Crippen LogP contribution in [0.2, 0.25) is 0 Å². The molecule has 4 N–H and O–H groups in total. The summed E-state index contributed by atoms with van der Waals surface area (Å²) in [6, 6.07) is 15.7. The van der Waals surface area contributed by atoms with E-state index in [1.54, 1.807) is 12.1 Å². The van der Waals surface area contributed by atoms with Gasteiger partial charge < -0.3 is 25.7 Å². The van der Waals surface area contributed by atoms with Crippen LogP contribution in [0, 0.1) is 10.1 Å². The summed E-state index contributed by atoms with van der Waals surface area (Å²) in [5, 5.41) is 28.0. The number of rotatable bonds is 5. The summed E-state index contributed by atoms with van der Waals surface area (Å²) in [5.41, 5.74) is 5.95. The monoisotopic (exact) mass is 457 g/mol. The highest BCUT2D eigenvalue weighted by Crippen LogP contribution is 2.31. The van der Waals surface area contributed by atoms with E-state index in [1.807, 2.05) is 23.1 Å². The first-order valence-corrected chi connectivity index (χ1v) is 10.5. The highest BCUT2D eigenvalue weighted by atomic mass is 16.6. The third-order valence-corrected chi connectivity index (χ3v) is 5.92. The molecule has 2 heterocycles. The maximum atomic E-state index is 12.1. The highest BCUT2D eigenvalue weighted by molar-refractivity contribution is 5.80. The van der Waals surface area contributed by atoms with Crippen LogP contribution in [0.1, 0.15) is 6.42 Å². The average Bonchev–Trinajstić information content (AvgIpc) is 3.25. The van der Waals surface area contributed by atoms with Crippen molar-refractivity contribution in [3.05, 3.63) is 64.7 Å². The van der Waals surface area contributed by atoms with Crippen molar-refractivity contribution in [2.45, 2.75) is 18.5 Å². The largest absolute Gasteiger partial charge is 0.480 e. The molecular weight excluding hydrogens is 430 g/mol. The molecule has 0 saturated carbocycles. The van der Waals surface area contributed by atoms with Crippen molar-refractivity contribution in [3.8, 4) is 0 Å². The first kappa shape index (κ1) is 23.8. The Kier molecular flexibility index (Phi) is 7.67. The van der Waals surface area contributed by atoms with Gasteiger partial charge in [-0.25, -0.2) is 9.59 Å². The summed E-state index contributed by atoms with van der Waals surface area (Å²) in [6.45, 7) is 3.99. The molecule has 2 aliphatic rings. The number of nitrogens with zero attached hydrogens (tertiary/aromatic N) is 4. The van der Waals surface area contributed by atoms with E-state index in [4.69, 9.17) is 9.90 Å². The number of non-ortho nitro benzene ring substituents is 1. The van der Waals surface area contributed by atoms with Gasteiger partial charge in [-0.3, -0.25) is 15.0 Å². The van der Waals surface area contributed by atoms with Crippen molar-refractivity contribution in [1.29, 1.82) is 0 Å². The number of para-hydroxylation sites is 1. The molecule has 2 saturated heterocycles. The number of anilines is 2. The quantitative estimate of drug-likeness (QED) is 0.452. The second-order valence-electron chi connectivity index (χ2n) is 7.80. The third-order valence-electron chi connectivity index (χ3n) is 5.92. The van der Waals surface area contributed by atoms with E-state index >= 15 is 0 Å². The van der Waals surface area contributed by atoms with E-state index in [0.29, 0.717) is 12.2 Å². The van der Waals surface area contributed by atoms with Crippen LogP contribution in [0.5, 0.6) is 0 Å². The van der Waals surface area contributed by atoms with Gasteiger partial charge >= 0.3 is 12.1 Å². The molecular formula is C22H27N5O6. The normalized spacial score (nSPS) is 20.6. The molecule has 1 unspecified atom stereocenters. The number of amides is 1. The van der Waals surface area contributed by atoms with Crippen molar-refractivity contribution in [2.24, 2.45) is 5.73 Å². The topological polar surface area (TPSA) is 153 Å². The van der Waals surface area contributed by atoms with Gasteiger partial charge in [0, 0.05) is 62.3 Å². The first-order valence-electron chi connectivity index (χ1n) is 10.5. The Morgan fingerprint density at radius 3 is 2.00 bits per heavy atom. The fourth-order valence-electron chi connectivity index (χ4n) is 4.46. The lowest BCUT2D eigenvalue weighted by Gasteiger charge is -2.40. The van der Waals surface area contributed by atoms with Gasteiger partial charge in [0.15, 0.2) is 0 Å². The second-order valence-corrected chi connectivity index (χ2v) is 7.80. The van der Waals surface area contributed by atoms with Crippen LogP contribution in [-0.2, 0) is 4.79 Å². The molecule has 11 heteroatoms. The lowest BCUT2D eigenvalue weighted by Crippen LogP contribution is -2.56. The number of hydrogen-bond donors (Lipinski definition) is 3. The minimum absolute atomic E-state index is 0.00778. The Bertz CT molecular complexity index is 959. The van der Waals surface area contributed by atoms with Crippen LogP contribution in [0.4, 0.5) is 21.9 Å². The molecule has 2 aliphatic heterocycles. The van der Waals surface area contributed by atoms with Crippen molar-refractivity contribution in [2.75, 3.05) is 42.5 Å². The van der Waals surface area contributed by atoms with Gasteiger partial charge in [-0.2, -0.15) is 0 Å². The van der Waals surface area contributed by atoms with Gasteiger partial charge in [0.1, 0.15) is 6.04 Å². The number of carbonyl (C=O) groups is 2. The summed E-state index contributed by atoms with van der Waals surface area (Å²) >= 11 is 0. The molecule has 0 radical (unpaired) electrons. The Morgan fingerprint density at radius 1 is 0.909 bits per heavy atom. The summed E-state index contributed by atoms with van der Waals surface area (Å²) < 4.78 is 0. The number of nitro groups is 1. The van der Waals surface area contributed by atoms with Crippen LogP contribution in [0.25, 0.3) is 0 Å². The summed E-state index contributed by atoms with van der Waals surface area (Å²) in [6.07, 6.45) is -0.570. The van der Waals surface area contributed by atoms with Crippen molar-refractivity contribution in [3.63, 3.8) is 0 Å². The van der Waals surface area contributed by atoms with Crippen LogP contribution < -0.4 is 15.5 Å². The van der Waals surface area contributed by atoms with E-state index in [0.717, 1.165) is 32.6 Å². The van der Waals surface area contributed by atoms with Crippen LogP contribution in [0.15, 0.2) is 54.6 Å². The molecule has 0 aliphatic carbocycles. The summed E-state index contributed by atoms with van der Waals surface area (Å²) in [5.74, 6) is -0.851. The van der Waals surface area contributed by atoms with Crippen LogP contribution in [-0.4, -0.2) is 76.9 Å². The number of aliphatic carboxylic acids is 1. The van der Waals surface area contributed by atoms with Gasteiger partial charge in [-0.05, 0) is 30.7 Å². The molecule has 2 fully saturated rings. The molecule has 2 aromatic carbocycles. The van der Waals surface area contributed by atoms with E-state index < -0.39 is 23.0 Å². The maximum Gasteiger partial charge on any atom is 0.402 e. The number of piperazine rings is 1. The van der Waals surface area contributed by atoms with Gasteiger partial charge in [0.05, 0.1) is 4.92 Å². The predicted molar refractivity (Wildman–Crippen MR) is 123 cm³/mol. The number of hydrogen-bond acceptors (Lipinski definition) is 7. The molecule has 0 bridgehead atoms. The van der Waals surface area contributed by atoms with E-state index in [1.165, 1.54) is 17.8 Å². The van der Waals surface area contributed by atoms with Crippen LogP contribution >= 0.6 is 0 Å². The number of nitrogens with two attached hydrogens (primary N) is 1. The second kappa shape index (κ2) is 10.6. The average molecular weight is 457 g/mol. The van der Waals surface area contributed by atoms with Gasteiger partial charge in [0.2, 0.25) is 0 Å². The minimum Gasteiger partial charge on any atom is -0.480 e. The molecule has 33 heavy (non-hydrogen) atoms. The molecule has 176 valence electrons. The van der Waals surface area contributed by atoms with E-state index in [2.05, 4.69) is 27.7 Å². The fourth-order valence-corrected chi connectivity index (χ4v) is 4.46. The molecule has 11 nitrogen and oxygen atoms in total. The highest BCUT2D eigenvalue weighted by Gasteiger charge is 2.43. The predicted octanol–water partition coefficient (Wildman–Crippen LogP) is 2.07. The van der Waals surface area contributed by atoms with Gasteiger partial charge in [-0.15, -0.1) is 0 Å². The molecule has 4 rings (SSSR count). The minimum atomic E-state index is -1.33. The van der Waals surface area contributed by atoms with Crippen molar-refractivity contribution >= 4 is 29.1 Å². The lowest BCUT2D eigenvalue weighted by molar-refractivity contribution is -0.384. The zero-order valence-electron chi connectivity index (χ0n) is 18.0. The standard InChI is InChI=1S/C21H24N4O4.CH3NO2/c26-21(27)20-19(10-11-24(20)17-6-8-18(9-7-17)25(28)29)23-14-12-22(13-15-23)16-4-2-1-3-5-16;2-1(3)4/h1-9,19-20H,10-15H2,(H,26,27);2H2,(H,3,4)/t19?,20-;/m0./s1. The lowest BCUT2D eigenvalue weighted by atomic mass is 10.1. The van der Waals surface area contributed by atoms with E-state index in [9.17, 15) is 20.0 Å². The van der Waals surface area contributed by atoms with E-state index in [-0.39, 0.29) is 11.7 Å². The number of benzene rings is 2. The smallest absolute Gasteiger partial charge is 0.402 e. The fraction of sp³-hybridized carbons (Fsp3) is 0.364. The van der Waals surface area contributed by atoms with Crippen LogP contribution in [0.3, 0.4) is 0 Å². The molecule has 1 amide bonds. The Morgan fingerprint density at radius 2 is 1.48 bits per heavy atom. The summed E-state index contributed by atoms with van der Waals surface area (Å²) in [7, 11) is 0. The third kappa shape index (κ3) is 5.89. The zero-order chi connectivity index (χ0) is 24.0. The Hall–Kier alpha value is -3.86. The summed E-state index contributed by atoms with van der Waals surface area (Å²) in [4.78, 5) is 37.8. The zero-order valence-corrected chi connectivity index (χ0v) is 18.0. The number of carboxylic acids is 1. The van der Waals surface area contributed by atoms with Gasteiger partial charge in [0.25, 0.3) is 5.69 Å². The van der Waals surface area contributed by atoms with Gasteiger partial charge in [-0.1, -0.05) is 18.2 Å². The first-order chi connectivity index (χ1) is 15.8. The molecule has 0 spiro atoms. The number of carboxylic acid groups (broad SMARTS) is 2. The molecule has 0 aromatic heterocycles. The Balaban J connectivity index is 0.000000709. The maximum absolute atomic E-state index is 12.1.